The molecule has 2 saturated heterocycles. The van der Waals surface area contributed by atoms with Crippen molar-refractivity contribution in [1.82, 2.24) is 20.4 Å². The standard InChI is InChI=1S/C28H32N4O/c1-21-10-8-9-15-24(21)25-20-26(33)30-28(29-25)32-18-16-31(17-19-32)27(22-11-4-2-5-12-22)23-13-6-3-7-14-23/h2-15,25,27-29H,16-20H2,1H3,(H,30,33). The SMILES string of the molecule is Cc1ccccc1C1CC(=O)NC(N2CCN(C(c3ccccc3)c3ccccc3)CC2)N1. The normalized spacial score (nSPS) is 22.3. The molecule has 170 valence electrons. The molecule has 0 radical (unpaired) electrons. The Morgan fingerprint density at radius 2 is 1.36 bits per heavy atom. The predicted molar refractivity (Wildman–Crippen MR) is 131 cm³/mol. The van der Waals surface area contributed by atoms with Gasteiger partial charge in [0.1, 0.15) is 6.29 Å². The number of benzene rings is 3. The molecule has 2 aliphatic heterocycles. The van der Waals surface area contributed by atoms with Gasteiger partial charge in [-0.1, -0.05) is 84.9 Å². The Hall–Kier alpha value is -2.99. The van der Waals surface area contributed by atoms with Gasteiger partial charge < -0.3 is 5.32 Å². The lowest BCUT2D eigenvalue weighted by molar-refractivity contribution is -0.127. The van der Waals surface area contributed by atoms with E-state index in [2.05, 4.69) is 106 Å². The molecule has 3 aromatic carbocycles. The third kappa shape index (κ3) is 4.86. The smallest absolute Gasteiger partial charge is 0.224 e. The summed E-state index contributed by atoms with van der Waals surface area (Å²) < 4.78 is 0. The predicted octanol–water partition coefficient (Wildman–Crippen LogP) is 3.84. The van der Waals surface area contributed by atoms with Crippen molar-refractivity contribution in [3.05, 3.63) is 107 Å². The first kappa shape index (κ1) is 21.8. The first-order valence-electron chi connectivity index (χ1n) is 11.9. The summed E-state index contributed by atoms with van der Waals surface area (Å²) >= 11 is 0. The van der Waals surface area contributed by atoms with Crippen LogP contribution in [0.1, 0.15) is 40.8 Å². The summed E-state index contributed by atoms with van der Waals surface area (Å²) in [5.74, 6) is 0.112. The molecule has 3 aromatic rings. The van der Waals surface area contributed by atoms with Gasteiger partial charge in [-0.05, 0) is 29.2 Å². The van der Waals surface area contributed by atoms with Gasteiger partial charge in [0.25, 0.3) is 0 Å². The Labute approximate surface area is 196 Å². The zero-order valence-corrected chi connectivity index (χ0v) is 19.2. The Morgan fingerprint density at radius 3 is 1.97 bits per heavy atom. The summed E-state index contributed by atoms with van der Waals surface area (Å²) in [5, 5.41) is 6.86. The number of aryl methyl sites for hydroxylation is 1. The monoisotopic (exact) mass is 440 g/mol. The van der Waals surface area contributed by atoms with E-state index in [4.69, 9.17) is 0 Å². The average molecular weight is 441 g/mol. The van der Waals surface area contributed by atoms with Gasteiger partial charge in [0, 0.05) is 38.6 Å². The van der Waals surface area contributed by atoms with Crippen molar-refractivity contribution in [2.45, 2.75) is 31.7 Å². The van der Waals surface area contributed by atoms with Crippen molar-refractivity contribution in [2.75, 3.05) is 26.2 Å². The Bertz CT molecular complexity index is 1020. The summed E-state index contributed by atoms with van der Waals surface area (Å²) in [5.41, 5.74) is 5.08. The highest BCUT2D eigenvalue weighted by Crippen LogP contribution is 2.30. The highest BCUT2D eigenvalue weighted by Gasteiger charge is 2.34. The van der Waals surface area contributed by atoms with Crippen LogP contribution in [0.4, 0.5) is 0 Å². The summed E-state index contributed by atoms with van der Waals surface area (Å²) in [4.78, 5) is 17.5. The molecule has 0 aromatic heterocycles. The van der Waals surface area contributed by atoms with Gasteiger partial charge in [-0.2, -0.15) is 0 Å². The van der Waals surface area contributed by atoms with Crippen molar-refractivity contribution < 1.29 is 4.79 Å². The maximum absolute atomic E-state index is 12.6. The number of nitrogens with one attached hydrogen (secondary N) is 2. The van der Waals surface area contributed by atoms with E-state index < -0.39 is 0 Å². The van der Waals surface area contributed by atoms with Gasteiger partial charge in [0.15, 0.2) is 0 Å². The second-order valence-electron chi connectivity index (χ2n) is 9.05. The van der Waals surface area contributed by atoms with Crippen LogP contribution in [0, 0.1) is 6.92 Å². The summed E-state index contributed by atoms with van der Waals surface area (Å²) in [6.45, 7) is 5.79. The number of carbonyl (C=O) groups excluding carboxylic acids is 1. The van der Waals surface area contributed by atoms with Crippen molar-refractivity contribution in [3.8, 4) is 0 Å². The topological polar surface area (TPSA) is 47.6 Å². The van der Waals surface area contributed by atoms with Crippen LogP contribution < -0.4 is 10.6 Å². The largest absolute Gasteiger partial charge is 0.328 e. The number of amides is 1. The number of piperazine rings is 1. The molecular formula is C28H32N4O. The van der Waals surface area contributed by atoms with Gasteiger partial charge in [0.2, 0.25) is 5.91 Å². The van der Waals surface area contributed by atoms with E-state index >= 15 is 0 Å². The van der Waals surface area contributed by atoms with Crippen molar-refractivity contribution in [2.24, 2.45) is 0 Å². The summed E-state index contributed by atoms with van der Waals surface area (Å²) in [7, 11) is 0. The molecular weight excluding hydrogens is 408 g/mol. The number of hydrogen-bond acceptors (Lipinski definition) is 4. The minimum Gasteiger partial charge on any atom is -0.328 e. The van der Waals surface area contributed by atoms with Crippen LogP contribution in [-0.2, 0) is 4.79 Å². The lowest BCUT2D eigenvalue weighted by Crippen LogP contribution is -2.64. The number of hydrogen-bond donors (Lipinski definition) is 2. The zero-order valence-electron chi connectivity index (χ0n) is 19.2. The van der Waals surface area contributed by atoms with Gasteiger partial charge in [-0.3, -0.25) is 19.9 Å². The molecule has 5 heteroatoms. The van der Waals surface area contributed by atoms with E-state index in [0.717, 1.165) is 26.2 Å². The second kappa shape index (κ2) is 9.87. The molecule has 0 bridgehead atoms. The highest BCUT2D eigenvalue weighted by atomic mass is 16.2. The quantitative estimate of drug-likeness (QED) is 0.633. The number of carbonyl (C=O) groups is 1. The first-order valence-corrected chi connectivity index (χ1v) is 11.9. The summed E-state index contributed by atoms with van der Waals surface area (Å²) in [6, 6.07) is 30.2. The van der Waals surface area contributed by atoms with E-state index in [-0.39, 0.29) is 24.3 Å². The minimum absolute atomic E-state index is 0.0457. The van der Waals surface area contributed by atoms with Crippen molar-refractivity contribution >= 4 is 5.91 Å². The Balaban J connectivity index is 1.30. The molecule has 2 fully saturated rings. The van der Waals surface area contributed by atoms with Gasteiger partial charge in [-0.25, -0.2) is 0 Å². The maximum Gasteiger partial charge on any atom is 0.224 e. The van der Waals surface area contributed by atoms with E-state index in [1.807, 2.05) is 6.07 Å². The molecule has 0 aliphatic carbocycles. The Kier molecular flexibility index (Phi) is 6.53. The first-order chi connectivity index (χ1) is 16.2. The molecule has 0 spiro atoms. The van der Waals surface area contributed by atoms with Crippen LogP contribution in [0.2, 0.25) is 0 Å². The molecule has 33 heavy (non-hydrogen) atoms. The lowest BCUT2D eigenvalue weighted by atomic mass is 9.96. The fourth-order valence-electron chi connectivity index (χ4n) is 5.20. The second-order valence-corrected chi connectivity index (χ2v) is 9.05. The molecule has 1 amide bonds. The number of nitrogens with zero attached hydrogens (tertiary/aromatic N) is 2. The zero-order chi connectivity index (χ0) is 22.6. The Morgan fingerprint density at radius 1 is 0.788 bits per heavy atom. The van der Waals surface area contributed by atoms with E-state index in [0.29, 0.717) is 6.42 Å². The molecule has 5 rings (SSSR count). The van der Waals surface area contributed by atoms with Crippen LogP contribution in [0.3, 0.4) is 0 Å². The molecule has 2 heterocycles. The third-order valence-electron chi connectivity index (χ3n) is 6.92. The van der Waals surface area contributed by atoms with Gasteiger partial charge in [0.05, 0.1) is 6.04 Å². The molecule has 2 aliphatic rings. The molecule has 0 saturated carbocycles. The van der Waals surface area contributed by atoms with Crippen molar-refractivity contribution in [3.63, 3.8) is 0 Å². The van der Waals surface area contributed by atoms with Crippen molar-refractivity contribution in [1.29, 1.82) is 0 Å². The van der Waals surface area contributed by atoms with Crippen LogP contribution in [-0.4, -0.2) is 48.2 Å². The summed E-state index contributed by atoms with van der Waals surface area (Å²) in [6.07, 6.45) is 0.343. The third-order valence-corrected chi connectivity index (χ3v) is 6.92. The number of rotatable bonds is 5. The molecule has 2 N–H and O–H groups in total. The van der Waals surface area contributed by atoms with Crippen LogP contribution in [0.25, 0.3) is 0 Å². The van der Waals surface area contributed by atoms with Gasteiger partial charge >= 0.3 is 0 Å². The van der Waals surface area contributed by atoms with E-state index in [1.54, 1.807) is 0 Å². The maximum atomic E-state index is 12.6. The molecule has 5 nitrogen and oxygen atoms in total. The molecule has 2 unspecified atom stereocenters. The van der Waals surface area contributed by atoms with Gasteiger partial charge in [-0.15, -0.1) is 0 Å². The van der Waals surface area contributed by atoms with E-state index in [9.17, 15) is 4.79 Å². The average Bonchev–Trinajstić information content (AvgIpc) is 2.86. The minimum atomic E-state index is -0.134. The van der Waals surface area contributed by atoms with Crippen LogP contribution in [0.5, 0.6) is 0 Å². The fraction of sp³-hybridized carbons (Fsp3) is 0.321. The fourth-order valence-corrected chi connectivity index (χ4v) is 5.20. The lowest BCUT2D eigenvalue weighted by Gasteiger charge is -2.45. The van der Waals surface area contributed by atoms with Crippen LogP contribution >= 0.6 is 0 Å². The highest BCUT2D eigenvalue weighted by molar-refractivity contribution is 5.78. The molecule has 2 atom stereocenters. The van der Waals surface area contributed by atoms with E-state index in [1.165, 1.54) is 22.3 Å². The van der Waals surface area contributed by atoms with Crippen LogP contribution in [0.15, 0.2) is 84.9 Å².